The van der Waals surface area contributed by atoms with E-state index in [-0.39, 0.29) is 0 Å². The summed E-state index contributed by atoms with van der Waals surface area (Å²) in [5.74, 6) is 0. The van der Waals surface area contributed by atoms with Crippen molar-refractivity contribution in [2.75, 3.05) is 0 Å². The Bertz CT molecular complexity index is 377. The van der Waals surface area contributed by atoms with Gasteiger partial charge in [-0.2, -0.15) is 0 Å². The fraction of sp³-hybridized carbons (Fsp3) is 0.0769. The fourth-order valence-electron chi connectivity index (χ4n) is 1.87. The van der Waals surface area contributed by atoms with E-state index in [1.165, 1.54) is 22.3 Å². The fourth-order valence-corrected chi connectivity index (χ4v) is 1.87. The van der Waals surface area contributed by atoms with Crippen LogP contribution in [0.15, 0.2) is 48.5 Å². The summed E-state index contributed by atoms with van der Waals surface area (Å²) in [6, 6.07) is 17.7. The minimum Gasteiger partial charge on any atom is -0.0581 e. The highest BCUT2D eigenvalue weighted by Crippen LogP contribution is 2.24. The van der Waals surface area contributed by atoms with Crippen LogP contribution in [0.2, 0.25) is 0 Å². The molecule has 0 atom stereocenters. The quantitative estimate of drug-likeness (QED) is 0.481. The topological polar surface area (TPSA) is 0 Å². The van der Waals surface area contributed by atoms with Crippen molar-refractivity contribution in [1.29, 1.82) is 0 Å². The second-order valence-electron chi connectivity index (χ2n) is 3.57. The van der Waals surface area contributed by atoms with Crippen LogP contribution < -0.4 is 0 Å². The Kier molecular flexibility index (Phi) is 1.31. The van der Waals surface area contributed by atoms with E-state index in [2.05, 4.69) is 48.5 Å². The molecule has 0 heterocycles. The highest BCUT2D eigenvalue weighted by atomic mass is 14.1. The van der Waals surface area contributed by atoms with E-state index in [0.29, 0.717) is 0 Å². The molecule has 4 aliphatic rings. The van der Waals surface area contributed by atoms with E-state index in [4.69, 9.17) is 0 Å². The van der Waals surface area contributed by atoms with E-state index >= 15 is 0 Å². The highest BCUT2D eigenvalue weighted by Gasteiger charge is 2.03. The van der Waals surface area contributed by atoms with Gasteiger partial charge in [0, 0.05) is 0 Å². The summed E-state index contributed by atoms with van der Waals surface area (Å²) in [5.41, 5.74) is 5.43. The Morgan fingerprint density at radius 1 is 0.538 bits per heavy atom. The molecule has 2 aromatic rings. The molecule has 6 rings (SSSR count). The molecule has 4 aliphatic carbocycles. The summed E-state index contributed by atoms with van der Waals surface area (Å²) in [6.07, 6.45) is 1.06. The molecule has 0 nitrogen and oxygen atoms in total. The highest BCUT2D eigenvalue weighted by molar-refractivity contribution is 5.65. The molecule has 13 heavy (non-hydrogen) atoms. The zero-order chi connectivity index (χ0) is 8.67. The second kappa shape index (κ2) is 2.46. The summed E-state index contributed by atoms with van der Waals surface area (Å²) in [6.45, 7) is 0. The van der Waals surface area contributed by atoms with Crippen LogP contribution in [0.1, 0.15) is 11.1 Å². The van der Waals surface area contributed by atoms with E-state index in [0.717, 1.165) is 6.42 Å². The smallest absolute Gasteiger partial charge is 0.00258 e. The molecule has 0 heteroatoms. The van der Waals surface area contributed by atoms with Gasteiger partial charge in [-0.1, -0.05) is 48.5 Å². The van der Waals surface area contributed by atoms with E-state index in [1.807, 2.05) is 0 Å². The summed E-state index contributed by atoms with van der Waals surface area (Å²) in [5, 5.41) is 0. The molecule has 0 saturated heterocycles. The van der Waals surface area contributed by atoms with E-state index in [1.54, 1.807) is 0 Å². The molecular formula is C13H10. The minimum absolute atomic E-state index is 1.06. The zero-order valence-corrected chi connectivity index (χ0v) is 7.33. The summed E-state index contributed by atoms with van der Waals surface area (Å²) < 4.78 is 0. The van der Waals surface area contributed by atoms with E-state index in [9.17, 15) is 0 Å². The van der Waals surface area contributed by atoms with Crippen molar-refractivity contribution in [2.24, 2.45) is 0 Å². The van der Waals surface area contributed by atoms with Crippen molar-refractivity contribution in [3.63, 3.8) is 0 Å². The second-order valence-corrected chi connectivity index (χ2v) is 3.57. The molecule has 4 bridgehead atoms. The monoisotopic (exact) mass is 166 g/mol. The first-order valence-electron chi connectivity index (χ1n) is 4.60. The maximum absolute atomic E-state index is 2.22. The van der Waals surface area contributed by atoms with Crippen LogP contribution in [0.4, 0.5) is 0 Å². The Labute approximate surface area is 77.8 Å². The summed E-state index contributed by atoms with van der Waals surface area (Å²) >= 11 is 0. The molecule has 0 aliphatic heterocycles. The summed E-state index contributed by atoms with van der Waals surface area (Å²) in [4.78, 5) is 0. The van der Waals surface area contributed by atoms with Gasteiger partial charge in [-0.3, -0.25) is 0 Å². The van der Waals surface area contributed by atoms with Crippen LogP contribution in [0.5, 0.6) is 0 Å². The van der Waals surface area contributed by atoms with Gasteiger partial charge in [0.1, 0.15) is 0 Å². The first-order chi connectivity index (χ1) is 6.42. The Balaban J connectivity index is 2.38. The van der Waals surface area contributed by atoms with Gasteiger partial charge in [0.05, 0.1) is 0 Å². The third-order valence-electron chi connectivity index (χ3n) is 2.65. The van der Waals surface area contributed by atoms with E-state index < -0.39 is 0 Å². The number of hydrogen-bond donors (Lipinski definition) is 0. The standard InChI is InChI=1S/C13H10/c1-5-12-6-2-10(1)9-11-3-7-13(12)8-4-11/h1-8H,9H2. The lowest BCUT2D eigenvalue weighted by atomic mass is 10.1. The van der Waals surface area contributed by atoms with Gasteiger partial charge >= 0.3 is 0 Å². The largest absolute Gasteiger partial charge is 0.0581 e. The van der Waals surface area contributed by atoms with Gasteiger partial charge in [0.25, 0.3) is 0 Å². The average Bonchev–Trinajstić information content (AvgIpc) is 2.39. The van der Waals surface area contributed by atoms with Gasteiger partial charge < -0.3 is 0 Å². The lowest BCUT2D eigenvalue weighted by Gasteiger charge is -1.98. The van der Waals surface area contributed by atoms with Crippen molar-refractivity contribution in [3.05, 3.63) is 59.7 Å². The van der Waals surface area contributed by atoms with Crippen molar-refractivity contribution in [1.82, 2.24) is 0 Å². The van der Waals surface area contributed by atoms with Gasteiger partial charge in [-0.25, -0.2) is 0 Å². The van der Waals surface area contributed by atoms with Crippen molar-refractivity contribution < 1.29 is 0 Å². The normalized spacial score (nSPS) is 12.3. The summed E-state index contributed by atoms with van der Waals surface area (Å²) in [7, 11) is 0. The zero-order valence-electron chi connectivity index (χ0n) is 7.33. The van der Waals surface area contributed by atoms with Crippen LogP contribution in [0, 0.1) is 0 Å². The lowest BCUT2D eigenvalue weighted by molar-refractivity contribution is 1.20. The van der Waals surface area contributed by atoms with Crippen LogP contribution in [-0.4, -0.2) is 0 Å². The average molecular weight is 166 g/mol. The van der Waals surface area contributed by atoms with Crippen LogP contribution in [0.25, 0.3) is 11.1 Å². The SMILES string of the molecule is c1cc2ccc1Cc1ccc-2cc1. The number of hydrogen-bond acceptors (Lipinski definition) is 0. The molecule has 0 unspecified atom stereocenters. The maximum atomic E-state index is 2.22. The molecule has 0 spiro atoms. The molecule has 0 N–H and O–H groups in total. The Morgan fingerprint density at radius 3 is 1.31 bits per heavy atom. The van der Waals surface area contributed by atoms with Gasteiger partial charge in [0.15, 0.2) is 0 Å². The molecule has 62 valence electrons. The predicted octanol–water partition coefficient (Wildman–Crippen LogP) is 3.26. The number of benzene rings is 2. The molecule has 0 amide bonds. The van der Waals surface area contributed by atoms with Crippen LogP contribution in [0.3, 0.4) is 0 Å². The van der Waals surface area contributed by atoms with Gasteiger partial charge in [-0.05, 0) is 28.7 Å². The molecule has 2 aromatic carbocycles. The Morgan fingerprint density at radius 2 is 0.923 bits per heavy atom. The third-order valence-corrected chi connectivity index (χ3v) is 2.65. The third kappa shape index (κ3) is 1.06. The number of rotatable bonds is 0. The van der Waals surface area contributed by atoms with Crippen molar-refractivity contribution in [2.45, 2.75) is 6.42 Å². The maximum Gasteiger partial charge on any atom is -0.00258 e. The molecule has 0 radical (unpaired) electrons. The minimum atomic E-state index is 1.06. The van der Waals surface area contributed by atoms with Crippen LogP contribution in [-0.2, 0) is 6.42 Å². The first-order valence-corrected chi connectivity index (χ1v) is 4.60. The predicted molar refractivity (Wildman–Crippen MR) is 54.7 cm³/mol. The van der Waals surface area contributed by atoms with Crippen molar-refractivity contribution in [3.8, 4) is 11.1 Å². The lowest BCUT2D eigenvalue weighted by Crippen LogP contribution is -1.83. The van der Waals surface area contributed by atoms with Crippen LogP contribution >= 0.6 is 0 Å². The van der Waals surface area contributed by atoms with Gasteiger partial charge in [0.2, 0.25) is 0 Å². The molecule has 0 fully saturated rings. The first kappa shape index (κ1) is 6.90. The van der Waals surface area contributed by atoms with Crippen molar-refractivity contribution >= 4 is 0 Å². The molecule has 0 saturated carbocycles. The Hall–Kier alpha value is -1.56. The van der Waals surface area contributed by atoms with Gasteiger partial charge in [-0.15, -0.1) is 0 Å². The molecular weight excluding hydrogens is 156 g/mol. The molecule has 0 aromatic heterocycles.